The fourth-order valence-corrected chi connectivity index (χ4v) is 3.62. The van der Waals surface area contributed by atoms with Crippen LogP contribution in [0.5, 0.6) is 0 Å². The van der Waals surface area contributed by atoms with Crippen molar-refractivity contribution in [3.63, 3.8) is 0 Å². The molecule has 3 amide bonds. The van der Waals surface area contributed by atoms with Gasteiger partial charge in [0.15, 0.2) is 0 Å². The minimum Gasteiger partial charge on any atom is -0.309 e. The molecule has 0 N–H and O–H groups in total. The Morgan fingerprint density at radius 1 is 1.12 bits per heavy atom. The van der Waals surface area contributed by atoms with Gasteiger partial charge in [0, 0.05) is 38.9 Å². The van der Waals surface area contributed by atoms with E-state index < -0.39 is 6.04 Å². The lowest BCUT2D eigenvalue weighted by Crippen LogP contribution is -2.52. The Hall–Kier alpha value is -2.67. The van der Waals surface area contributed by atoms with Crippen LogP contribution in [0.25, 0.3) is 0 Å². The molecule has 4 rings (SSSR count). The molecule has 7 nitrogen and oxygen atoms in total. The highest BCUT2D eigenvalue weighted by Crippen LogP contribution is 2.27. The maximum Gasteiger partial charge on any atom is 0.332 e. The number of benzene rings is 1. The molecule has 1 unspecified atom stereocenters. The van der Waals surface area contributed by atoms with Crippen molar-refractivity contribution in [1.29, 1.82) is 0 Å². The van der Waals surface area contributed by atoms with Crippen LogP contribution in [0.2, 0.25) is 0 Å². The second kappa shape index (κ2) is 6.33. The van der Waals surface area contributed by atoms with Crippen LogP contribution in [-0.2, 0) is 17.9 Å². The Balaban J connectivity index is 1.51. The van der Waals surface area contributed by atoms with Gasteiger partial charge in [0.05, 0.1) is 11.4 Å². The first-order valence-electron chi connectivity index (χ1n) is 8.61. The van der Waals surface area contributed by atoms with E-state index in [0.29, 0.717) is 18.8 Å². The van der Waals surface area contributed by atoms with Gasteiger partial charge in [0.1, 0.15) is 6.04 Å². The summed E-state index contributed by atoms with van der Waals surface area (Å²) in [5, 5.41) is 4.30. The quantitative estimate of drug-likeness (QED) is 0.793. The number of carbonyl (C=O) groups excluding carboxylic acids is 2. The summed E-state index contributed by atoms with van der Waals surface area (Å²) in [7, 11) is 0. The SMILES string of the molecule is CCn1nccc1CN1CCN2C(=O)N(c3ccccc3)C(=O)C2C1. The number of carbonyl (C=O) groups is 2. The Morgan fingerprint density at radius 2 is 1.92 bits per heavy atom. The van der Waals surface area contributed by atoms with Crippen molar-refractivity contribution in [3.05, 3.63) is 48.3 Å². The van der Waals surface area contributed by atoms with Crippen LogP contribution < -0.4 is 4.90 Å². The highest BCUT2D eigenvalue weighted by molar-refractivity contribution is 6.21. The van der Waals surface area contributed by atoms with Gasteiger partial charge in [-0.2, -0.15) is 5.10 Å². The van der Waals surface area contributed by atoms with Gasteiger partial charge >= 0.3 is 6.03 Å². The van der Waals surface area contributed by atoms with E-state index in [2.05, 4.69) is 16.9 Å². The van der Waals surface area contributed by atoms with E-state index in [9.17, 15) is 9.59 Å². The number of rotatable bonds is 4. The predicted octanol–water partition coefficient (Wildman–Crippen LogP) is 1.56. The normalized spacial score (nSPS) is 21.1. The standard InChI is InChI=1S/C18H21N5O2/c1-2-22-15(8-9-19-22)12-20-10-11-21-16(13-20)17(24)23(18(21)25)14-6-4-3-5-7-14/h3-9,16H,2,10-13H2,1H3. The molecule has 2 aromatic rings. The number of hydrogen-bond donors (Lipinski definition) is 0. The van der Waals surface area contributed by atoms with E-state index in [0.717, 1.165) is 25.3 Å². The Morgan fingerprint density at radius 3 is 2.68 bits per heavy atom. The molecule has 0 bridgehead atoms. The van der Waals surface area contributed by atoms with Crippen LogP contribution >= 0.6 is 0 Å². The van der Waals surface area contributed by atoms with Crippen molar-refractivity contribution in [1.82, 2.24) is 19.6 Å². The Bertz CT molecular complexity index is 788. The van der Waals surface area contributed by atoms with E-state index in [1.165, 1.54) is 4.90 Å². The maximum atomic E-state index is 12.8. The lowest BCUT2D eigenvalue weighted by Gasteiger charge is -2.35. The molecule has 2 aliphatic heterocycles. The molecular weight excluding hydrogens is 318 g/mol. The Labute approximate surface area is 146 Å². The van der Waals surface area contributed by atoms with Crippen molar-refractivity contribution in [2.45, 2.75) is 26.1 Å². The summed E-state index contributed by atoms with van der Waals surface area (Å²) in [4.78, 5) is 30.7. The Kier molecular flexibility index (Phi) is 4.01. The van der Waals surface area contributed by atoms with Gasteiger partial charge in [-0.3, -0.25) is 14.4 Å². The third kappa shape index (κ3) is 2.70. The number of urea groups is 1. The van der Waals surface area contributed by atoms with Crippen molar-refractivity contribution >= 4 is 17.6 Å². The molecule has 0 saturated carbocycles. The fraction of sp³-hybridized carbons (Fsp3) is 0.389. The average molecular weight is 339 g/mol. The van der Waals surface area contributed by atoms with E-state index in [4.69, 9.17) is 0 Å². The molecule has 0 radical (unpaired) electrons. The summed E-state index contributed by atoms with van der Waals surface area (Å²) >= 11 is 0. The van der Waals surface area contributed by atoms with Gasteiger partial charge in [0.25, 0.3) is 5.91 Å². The maximum absolute atomic E-state index is 12.8. The summed E-state index contributed by atoms with van der Waals surface area (Å²) in [5.74, 6) is -0.134. The van der Waals surface area contributed by atoms with Crippen molar-refractivity contribution in [2.24, 2.45) is 0 Å². The number of amides is 3. The topological polar surface area (TPSA) is 61.7 Å². The number of piperazine rings is 1. The lowest BCUT2D eigenvalue weighted by atomic mass is 10.1. The summed E-state index contributed by atoms with van der Waals surface area (Å²) in [5.41, 5.74) is 1.77. The molecule has 7 heteroatoms. The summed E-state index contributed by atoms with van der Waals surface area (Å²) in [6.45, 7) is 5.51. The summed E-state index contributed by atoms with van der Waals surface area (Å²) in [6, 6.07) is 10.5. The molecular formula is C18H21N5O2. The largest absolute Gasteiger partial charge is 0.332 e. The lowest BCUT2D eigenvalue weighted by molar-refractivity contribution is -0.121. The highest BCUT2D eigenvalue weighted by Gasteiger charge is 2.48. The van der Waals surface area contributed by atoms with Gasteiger partial charge in [-0.05, 0) is 25.1 Å². The van der Waals surface area contributed by atoms with Crippen molar-refractivity contribution < 1.29 is 9.59 Å². The van der Waals surface area contributed by atoms with Gasteiger partial charge < -0.3 is 4.90 Å². The van der Waals surface area contributed by atoms with Gasteiger partial charge in [-0.1, -0.05) is 18.2 Å². The number of aryl methyl sites for hydroxylation is 1. The van der Waals surface area contributed by atoms with E-state index in [-0.39, 0.29) is 11.9 Å². The molecule has 3 heterocycles. The van der Waals surface area contributed by atoms with Crippen molar-refractivity contribution in [3.8, 4) is 0 Å². The number of imide groups is 1. The highest BCUT2D eigenvalue weighted by atomic mass is 16.2. The second-order valence-electron chi connectivity index (χ2n) is 6.37. The summed E-state index contributed by atoms with van der Waals surface area (Å²) in [6.07, 6.45) is 1.80. The first kappa shape index (κ1) is 15.8. The average Bonchev–Trinajstić information content (AvgIpc) is 3.18. The molecule has 2 saturated heterocycles. The van der Waals surface area contributed by atoms with Gasteiger partial charge in [-0.25, -0.2) is 9.69 Å². The first-order valence-corrected chi connectivity index (χ1v) is 8.61. The molecule has 0 aliphatic carbocycles. The number of anilines is 1. The van der Waals surface area contributed by atoms with Crippen LogP contribution in [0.15, 0.2) is 42.6 Å². The molecule has 2 fully saturated rings. The fourth-order valence-electron chi connectivity index (χ4n) is 3.62. The zero-order valence-electron chi connectivity index (χ0n) is 14.2. The van der Waals surface area contributed by atoms with E-state index in [1.807, 2.05) is 28.9 Å². The van der Waals surface area contributed by atoms with Gasteiger partial charge in [-0.15, -0.1) is 0 Å². The third-order valence-corrected chi connectivity index (χ3v) is 4.91. The van der Waals surface area contributed by atoms with Crippen LogP contribution in [0.1, 0.15) is 12.6 Å². The molecule has 2 aliphatic rings. The molecule has 0 spiro atoms. The smallest absolute Gasteiger partial charge is 0.309 e. The molecule has 1 aromatic heterocycles. The predicted molar refractivity (Wildman–Crippen MR) is 93.0 cm³/mol. The minimum absolute atomic E-state index is 0.134. The molecule has 1 aromatic carbocycles. The molecule has 25 heavy (non-hydrogen) atoms. The van der Waals surface area contributed by atoms with Crippen LogP contribution in [0, 0.1) is 0 Å². The zero-order valence-corrected chi connectivity index (χ0v) is 14.2. The van der Waals surface area contributed by atoms with Crippen molar-refractivity contribution in [2.75, 3.05) is 24.5 Å². The number of aromatic nitrogens is 2. The number of hydrogen-bond acceptors (Lipinski definition) is 4. The molecule has 130 valence electrons. The van der Waals surface area contributed by atoms with Crippen LogP contribution in [0.3, 0.4) is 0 Å². The summed E-state index contributed by atoms with van der Waals surface area (Å²) < 4.78 is 1.96. The number of nitrogens with zero attached hydrogens (tertiary/aromatic N) is 5. The van der Waals surface area contributed by atoms with Gasteiger partial charge in [0.2, 0.25) is 0 Å². The first-order chi connectivity index (χ1) is 12.2. The number of fused-ring (bicyclic) bond motifs is 1. The second-order valence-corrected chi connectivity index (χ2v) is 6.37. The third-order valence-electron chi connectivity index (χ3n) is 4.91. The minimum atomic E-state index is -0.403. The van der Waals surface area contributed by atoms with Crippen LogP contribution in [0.4, 0.5) is 10.5 Å². The monoisotopic (exact) mass is 339 g/mol. The van der Waals surface area contributed by atoms with E-state index >= 15 is 0 Å². The van der Waals surface area contributed by atoms with Crippen LogP contribution in [-0.4, -0.2) is 57.2 Å². The zero-order chi connectivity index (χ0) is 17.4. The molecule has 1 atom stereocenters. The van der Waals surface area contributed by atoms with E-state index in [1.54, 1.807) is 23.2 Å². The number of para-hydroxylation sites is 1.